The molecule has 0 aliphatic carbocycles. The van der Waals surface area contributed by atoms with Crippen molar-refractivity contribution in [1.82, 2.24) is 4.98 Å². The number of nitrogens with zero attached hydrogens (tertiary/aromatic N) is 1. The van der Waals surface area contributed by atoms with E-state index >= 15 is 0 Å². The third-order valence-electron chi connectivity index (χ3n) is 2.23. The van der Waals surface area contributed by atoms with Crippen LogP contribution in [0.3, 0.4) is 0 Å². The van der Waals surface area contributed by atoms with Gasteiger partial charge in [-0.3, -0.25) is 0 Å². The molecule has 2 nitrogen and oxygen atoms in total. The van der Waals surface area contributed by atoms with Gasteiger partial charge in [-0.2, -0.15) is 9.65 Å². The van der Waals surface area contributed by atoms with E-state index in [-0.39, 0.29) is 11.1 Å². The number of nitrogens with one attached hydrogen (secondary N) is 1. The van der Waals surface area contributed by atoms with Gasteiger partial charge in [0.1, 0.15) is 0 Å². The Hall–Kier alpha value is -2.03. The molecule has 1 aromatic heterocycles. The molecular formula is C10H4F4N2. The third-order valence-corrected chi connectivity index (χ3v) is 2.23. The quantitative estimate of drug-likeness (QED) is 0.591. The first-order valence-electron chi connectivity index (χ1n) is 4.26. The Labute approximate surface area is 87.1 Å². The monoisotopic (exact) mass is 228 g/mol. The number of nitriles is 1. The van der Waals surface area contributed by atoms with E-state index in [0.29, 0.717) is 6.07 Å². The minimum atomic E-state index is -1.68. The van der Waals surface area contributed by atoms with E-state index in [2.05, 4.69) is 4.98 Å². The van der Waals surface area contributed by atoms with Crippen LogP contribution in [0, 0.1) is 34.7 Å². The number of halogens is 4. The maximum Gasteiger partial charge on any atom is 0.196 e. The van der Waals surface area contributed by atoms with Gasteiger partial charge in [0, 0.05) is 17.0 Å². The molecule has 82 valence electrons. The summed E-state index contributed by atoms with van der Waals surface area (Å²) >= 11 is 0. The molecule has 16 heavy (non-hydrogen) atoms. The molecule has 2 aromatic rings. The Morgan fingerprint density at radius 1 is 1.19 bits per heavy atom. The van der Waals surface area contributed by atoms with Gasteiger partial charge >= 0.3 is 0 Å². The Morgan fingerprint density at radius 2 is 1.88 bits per heavy atom. The molecule has 1 aromatic carbocycles. The molecule has 0 radical (unpaired) electrons. The number of H-pyrrole nitrogens is 1. The van der Waals surface area contributed by atoms with Crippen molar-refractivity contribution in [3.05, 3.63) is 35.0 Å². The number of hydrogen-bond acceptors (Lipinski definition) is 1. The van der Waals surface area contributed by atoms with E-state index in [1.54, 1.807) is 6.07 Å². The lowest BCUT2D eigenvalue weighted by Crippen LogP contribution is -1.93. The molecule has 0 amide bonds. The lowest BCUT2D eigenvalue weighted by molar-refractivity contribution is 0.453. The molecule has 0 aliphatic rings. The van der Waals surface area contributed by atoms with E-state index in [1.807, 2.05) is 0 Å². The van der Waals surface area contributed by atoms with Gasteiger partial charge in [0.15, 0.2) is 23.4 Å². The van der Waals surface area contributed by atoms with Crippen LogP contribution in [0.4, 0.5) is 17.6 Å². The van der Waals surface area contributed by atoms with Crippen LogP contribution in [0.1, 0.15) is 5.56 Å². The van der Waals surface area contributed by atoms with Gasteiger partial charge < -0.3 is 4.98 Å². The predicted octanol–water partition coefficient (Wildman–Crippen LogP) is 2.79. The highest BCUT2D eigenvalue weighted by Gasteiger charge is 2.20. The summed E-state index contributed by atoms with van der Waals surface area (Å²) in [6.07, 6.45) is -0.423. The van der Waals surface area contributed by atoms with Gasteiger partial charge in [-0.05, 0) is 0 Å². The number of fused-ring (bicyclic) bond motifs is 1. The molecule has 0 unspecified atom stereocenters. The van der Waals surface area contributed by atoms with Crippen molar-refractivity contribution in [2.45, 2.75) is 6.42 Å². The summed E-state index contributed by atoms with van der Waals surface area (Å²) < 4.78 is 52.3. The van der Waals surface area contributed by atoms with Gasteiger partial charge in [0.2, 0.25) is 0 Å². The first-order chi connectivity index (χ1) is 7.56. The normalized spacial score (nSPS) is 10.7. The van der Waals surface area contributed by atoms with E-state index in [9.17, 15) is 17.6 Å². The summed E-state index contributed by atoms with van der Waals surface area (Å²) in [5, 5.41) is 8.00. The van der Waals surface area contributed by atoms with Crippen LogP contribution < -0.4 is 0 Å². The fourth-order valence-electron chi connectivity index (χ4n) is 1.54. The first-order valence-corrected chi connectivity index (χ1v) is 4.26. The Bertz CT molecular complexity index is 610. The number of aromatic nitrogens is 1. The maximum atomic E-state index is 13.3. The predicted molar refractivity (Wildman–Crippen MR) is 47.4 cm³/mol. The van der Waals surface area contributed by atoms with E-state index in [1.165, 1.54) is 0 Å². The van der Waals surface area contributed by atoms with Crippen molar-refractivity contribution in [3.8, 4) is 6.07 Å². The zero-order valence-electron chi connectivity index (χ0n) is 7.74. The van der Waals surface area contributed by atoms with Crippen LogP contribution in [0.5, 0.6) is 0 Å². The van der Waals surface area contributed by atoms with Gasteiger partial charge in [-0.15, -0.1) is 0 Å². The lowest BCUT2D eigenvalue weighted by Gasteiger charge is -1.98. The van der Waals surface area contributed by atoms with Crippen LogP contribution in [0.25, 0.3) is 10.9 Å². The second kappa shape index (κ2) is 3.52. The molecule has 0 spiro atoms. The van der Waals surface area contributed by atoms with E-state index < -0.39 is 35.2 Å². The average molecular weight is 228 g/mol. The maximum absolute atomic E-state index is 13.3. The summed E-state index contributed by atoms with van der Waals surface area (Å²) in [5.74, 6) is -5.53. The van der Waals surface area contributed by atoms with Crippen LogP contribution in [-0.2, 0) is 6.42 Å². The lowest BCUT2D eigenvalue weighted by atomic mass is 10.1. The fraction of sp³-hybridized carbons (Fsp3) is 0.100. The van der Waals surface area contributed by atoms with Crippen LogP contribution >= 0.6 is 0 Å². The molecule has 0 saturated heterocycles. The van der Waals surface area contributed by atoms with Crippen molar-refractivity contribution in [3.63, 3.8) is 0 Å². The van der Waals surface area contributed by atoms with Crippen molar-refractivity contribution in [1.29, 1.82) is 5.26 Å². The van der Waals surface area contributed by atoms with E-state index in [0.717, 1.165) is 0 Å². The van der Waals surface area contributed by atoms with Crippen molar-refractivity contribution in [2.24, 2.45) is 0 Å². The number of rotatable bonds is 1. The Morgan fingerprint density at radius 3 is 2.50 bits per heavy atom. The van der Waals surface area contributed by atoms with Crippen LogP contribution in [0.15, 0.2) is 6.07 Å². The highest BCUT2D eigenvalue weighted by molar-refractivity contribution is 5.84. The minimum absolute atomic E-state index is 0.209. The Kier molecular flexibility index (Phi) is 2.31. The van der Waals surface area contributed by atoms with Crippen molar-refractivity contribution >= 4 is 10.9 Å². The Balaban J connectivity index is 2.88. The van der Waals surface area contributed by atoms with Gasteiger partial charge in [-0.25, -0.2) is 13.2 Å². The summed E-state index contributed by atoms with van der Waals surface area (Å²) in [6.45, 7) is 0. The summed E-state index contributed by atoms with van der Waals surface area (Å²) in [6, 6.07) is 2.27. The molecule has 1 heterocycles. The minimum Gasteiger partial charge on any atom is -0.331 e. The molecule has 0 saturated carbocycles. The molecule has 2 rings (SSSR count). The molecule has 0 aliphatic heterocycles. The zero-order chi connectivity index (χ0) is 11.9. The van der Waals surface area contributed by atoms with Crippen molar-refractivity contribution in [2.75, 3.05) is 0 Å². The molecule has 0 atom stereocenters. The second-order valence-corrected chi connectivity index (χ2v) is 3.16. The second-order valence-electron chi connectivity index (χ2n) is 3.16. The molecular weight excluding hydrogens is 224 g/mol. The zero-order valence-corrected chi connectivity index (χ0v) is 7.74. The topological polar surface area (TPSA) is 39.6 Å². The fourth-order valence-corrected chi connectivity index (χ4v) is 1.54. The molecule has 0 fully saturated rings. The highest BCUT2D eigenvalue weighted by Crippen LogP contribution is 2.28. The summed E-state index contributed by atoms with van der Waals surface area (Å²) in [7, 11) is 0. The van der Waals surface area contributed by atoms with Crippen LogP contribution in [0.2, 0.25) is 0 Å². The number of hydrogen-bond donors (Lipinski definition) is 1. The molecule has 6 heteroatoms. The van der Waals surface area contributed by atoms with E-state index in [4.69, 9.17) is 5.26 Å². The van der Waals surface area contributed by atoms with Gasteiger partial charge in [-0.1, -0.05) is 0 Å². The van der Waals surface area contributed by atoms with Crippen molar-refractivity contribution < 1.29 is 17.6 Å². The third kappa shape index (κ3) is 1.33. The van der Waals surface area contributed by atoms with Crippen LogP contribution in [-0.4, -0.2) is 4.98 Å². The smallest absolute Gasteiger partial charge is 0.196 e. The first kappa shape index (κ1) is 10.5. The largest absolute Gasteiger partial charge is 0.331 e. The van der Waals surface area contributed by atoms with Gasteiger partial charge in [0.05, 0.1) is 18.0 Å². The van der Waals surface area contributed by atoms with Gasteiger partial charge in [0.25, 0.3) is 0 Å². The SMILES string of the molecule is N#CCc1c(F)[nH]c2cc(F)c(F)c(F)c12. The standard InChI is InChI=1S/C10H4F4N2/c11-5-3-6-7(9(13)8(5)12)4(1-2-15)10(14)16-6/h3,16H,1H2. The number of benzene rings is 1. The summed E-state index contributed by atoms with van der Waals surface area (Å²) in [5.41, 5.74) is -0.506. The molecule has 0 bridgehead atoms. The summed E-state index contributed by atoms with van der Waals surface area (Å²) in [4.78, 5) is 2.06. The highest BCUT2D eigenvalue weighted by atomic mass is 19.2. The molecule has 1 N–H and O–H groups in total. The average Bonchev–Trinajstić information content (AvgIpc) is 2.53. The number of aromatic amines is 1.